The van der Waals surface area contributed by atoms with Crippen molar-refractivity contribution in [2.45, 2.75) is 45.2 Å². The monoisotopic (exact) mass is 266 g/mol. The summed E-state index contributed by atoms with van der Waals surface area (Å²) < 4.78 is 0. The number of nitrogens with one attached hydrogen (secondary N) is 1. The van der Waals surface area contributed by atoms with Gasteiger partial charge in [-0.3, -0.25) is 0 Å². The smallest absolute Gasteiger partial charge is 0.0112 e. The lowest BCUT2D eigenvalue weighted by atomic mass is 9.92. The summed E-state index contributed by atoms with van der Waals surface area (Å²) in [7, 11) is 2.28. The molecular weight excluding hydrogens is 240 g/mol. The van der Waals surface area contributed by atoms with Crippen LogP contribution in [0.25, 0.3) is 0 Å². The highest BCUT2D eigenvalue weighted by Crippen LogP contribution is 2.19. The highest BCUT2D eigenvalue weighted by Gasteiger charge is 2.21. The fourth-order valence-electron chi connectivity index (χ4n) is 2.86. The summed E-state index contributed by atoms with van der Waals surface area (Å²) in [5.41, 5.74) is 0. The molecule has 3 atom stereocenters. The average molecular weight is 266 g/mol. The number of piperidine rings is 1. The van der Waals surface area contributed by atoms with E-state index in [9.17, 15) is 0 Å². The standard InChI is InChI=1S/C15H26N2S/c1-12-9-14(6-7-16-12)11-17(3)13(2)10-15-5-4-8-18-15/h4-5,8,12-14,16H,6-7,9-11H2,1-3H3. The number of nitrogens with zero attached hydrogens (tertiary/aromatic N) is 1. The fraction of sp³-hybridized carbons (Fsp3) is 0.733. The zero-order valence-corrected chi connectivity index (χ0v) is 12.7. The second-order valence-corrected chi connectivity index (χ2v) is 6.85. The first-order chi connectivity index (χ1) is 8.65. The maximum Gasteiger partial charge on any atom is 0.0112 e. The van der Waals surface area contributed by atoms with Crippen molar-refractivity contribution in [3.63, 3.8) is 0 Å². The Labute approximate surface area is 115 Å². The highest BCUT2D eigenvalue weighted by molar-refractivity contribution is 7.09. The Hall–Kier alpha value is -0.380. The van der Waals surface area contributed by atoms with Crippen LogP contribution >= 0.6 is 11.3 Å². The Balaban J connectivity index is 1.77. The van der Waals surface area contributed by atoms with Gasteiger partial charge in [0, 0.05) is 23.5 Å². The first kappa shape index (κ1) is 14.0. The van der Waals surface area contributed by atoms with Crippen LogP contribution in [0.3, 0.4) is 0 Å². The van der Waals surface area contributed by atoms with Gasteiger partial charge in [-0.1, -0.05) is 6.07 Å². The van der Waals surface area contributed by atoms with Gasteiger partial charge in [0.05, 0.1) is 0 Å². The van der Waals surface area contributed by atoms with Crippen LogP contribution in [0.4, 0.5) is 0 Å². The molecule has 1 fully saturated rings. The van der Waals surface area contributed by atoms with E-state index in [1.165, 1.54) is 37.2 Å². The zero-order chi connectivity index (χ0) is 13.0. The van der Waals surface area contributed by atoms with Gasteiger partial charge in [-0.2, -0.15) is 0 Å². The molecule has 2 nitrogen and oxygen atoms in total. The number of hydrogen-bond donors (Lipinski definition) is 1. The Morgan fingerprint density at radius 1 is 1.56 bits per heavy atom. The van der Waals surface area contributed by atoms with Crippen molar-refractivity contribution in [3.05, 3.63) is 22.4 Å². The maximum absolute atomic E-state index is 3.53. The van der Waals surface area contributed by atoms with Gasteiger partial charge in [0.2, 0.25) is 0 Å². The third-order valence-electron chi connectivity index (χ3n) is 4.11. The minimum absolute atomic E-state index is 0.647. The van der Waals surface area contributed by atoms with Gasteiger partial charge in [0.1, 0.15) is 0 Å². The van der Waals surface area contributed by atoms with Crippen LogP contribution in [0.5, 0.6) is 0 Å². The number of hydrogen-bond acceptors (Lipinski definition) is 3. The van der Waals surface area contributed by atoms with E-state index in [-0.39, 0.29) is 0 Å². The van der Waals surface area contributed by atoms with Crippen LogP contribution in [0.1, 0.15) is 31.6 Å². The van der Waals surface area contributed by atoms with Crippen molar-refractivity contribution in [3.8, 4) is 0 Å². The highest BCUT2D eigenvalue weighted by atomic mass is 32.1. The van der Waals surface area contributed by atoms with E-state index in [1.54, 1.807) is 0 Å². The van der Waals surface area contributed by atoms with Crippen LogP contribution in [0, 0.1) is 5.92 Å². The molecule has 3 unspecified atom stereocenters. The van der Waals surface area contributed by atoms with E-state index < -0.39 is 0 Å². The molecule has 102 valence electrons. The Morgan fingerprint density at radius 3 is 3.06 bits per heavy atom. The molecule has 2 heterocycles. The van der Waals surface area contributed by atoms with E-state index >= 15 is 0 Å². The molecule has 0 aromatic carbocycles. The van der Waals surface area contributed by atoms with Gasteiger partial charge in [0.25, 0.3) is 0 Å². The van der Waals surface area contributed by atoms with Crippen LogP contribution in [-0.4, -0.2) is 37.1 Å². The van der Waals surface area contributed by atoms with E-state index in [1.807, 2.05) is 11.3 Å². The van der Waals surface area contributed by atoms with Crippen molar-refractivity contribution in [1.29, 1.82) is 0 Å². The lowest BCUT2D eigenvalue weighted by molar-refractivity contribution is 0.182. The molecule has 1 aliphatic heterocycles. The number of likely N-dealkylation sites (N-methyl/N-ethyl adjacent to an activating group) is 1. The summed E-state index contributed by atoms with van der Waals surface area (Å²) in [6.07, 6.45) is 3.85. The van der Waals surface area contributed by atoms with Crippen molar-refractivity contribution in [2.75, 3.05) is 20.1 Å². The molecule has 18 heavy (non-hydrogen) atoms. The lowest BCUT2D eigenvalue weighted by Crippen LogP contribution is -2.42. The van der Waals surface area contributed by atoms with E-state index in [0.29, 0.717) is 12.1 Å². The quantitative estimate of drug-likeness (QED) is 0.881. The van der Waals surface area contributed by atoms with Crippen molar-refractivity contribution >= 4 is 11.3 Å². The summed E-state index contributed by atoms with van der Waals surface area (Å²) in [4.78, 5) is 4.05. The van der Waals surface area contributed by atoms with E-state index in [4.69, 9.17) is 0 Å². The topological polar surface area (TPSA) is 15.3 Å². The molecule has 1 aromatic rings. The second-order valence-electron chi connectivity index (χ2n) is 5.82. The van der Waals surface area contributed by atoms with Gasteiger partial charge in [-0.05, 0) is 64.1 Å². The van der Waals surface area contributed by atoms with Gasteiger partial charge in [0.15, 0.2) is 0 Å². The predicted octanol–water partition coefficient (Wildman–Crippen LogP) is 3.00. The molecule has 0 saturated carbocycles. The molecule has 1 aromatic heterocycles. The number of thiophene rings is 1. The predicted molar refractivity (Wildman–Crippen MR) is 80.3 cm³/mol. The second kappa shape index (κ2) is 6.69. The summed E-state index contributed by atoms with van der Waals surface area (Å²) in [6, 6.07) is 5.75. The molecule has 0 bridgehead atoms. The zero-order valence-electron chi connectivity index (χ0n) is 11.9. The average Bonchev–Trinajstić information content (AvgIpc) is 2.81. The van der Waals surface area contributed by atoms with Gasteiger partial charge in [-0.25, -0.2) is 0 Å². The normalized spacial score (nSPS) is 26.4. The maximum atomic E-state index is 3.53. The fourth-order valence-corrected chi connectivity index (χ4v) is 3.69. The van der Waals surface area contributed by atoms with Crippen molar-refractivity contribution < 1.29 is 0 Å². The van der Waals surface area contributed by atoms with Gasteiger partial charge in [-0.15, -0.1) is 11.3 Å². The van der Waals surface area contributed by atoms with Crippen molar-refractivity contribution in [2.24, 2.45) is 5.92 Å². The largest absolute Gasteiger partial charge is 0.314 e. The molecule has 1 aliphatic rings. The molecule has 1 saturated heterocycles. The van der Waals surface area contributed by atoms with Crippen molar-refractivity contribution in [1.82, 2.24) is 10.2 Å². The third kappa shape index (κ3) is 4.08. The summed E-state index contributed by atoms with van der Waals surface area (Å²) >= 11 is 1.88. The summed E-state index contributed by atoms with van der Waals surface area (Å²) in [5.74, 6) is 0.872. The third-order valence-corrected chi connectivity index (χ3v) is 5.01. The molecule has 3 heteroatoms. The minimum Gasteiger partial charge on any atom is -0.314 e. The summed E-state index contributed by atoms with van der Waals surface area (Å²) in [5, 5.41) is 5.71. The van der Waals surface area contributed by atoms with Gasteiger partial charge >= 0.3 is 0 Å². The molecule has 0 aliphatic carbocycles. The Bertz CT molecular complexity index is 336. The van der Waals surface area contributed by atoms with E-state index in [0.717, 1.165) is 5.92 Å². The molecule has 0 radical (unpaired) electrons. The first-order valence-electron chi connectivity index (χ1n) is 7.11. The van der Waals surface area contributed by atoms with Crippen LogP contribution in [-0.2, 0) is 6.42 Å². The Morgan fingerprint density at radius 2 is 2.39 bits per heavy atom. The van der Waals surface area contributed by atoms with Crippen LogP contribution in [0.2, 0.25) is 0 Å². The molecule has 0 amide bonds. The minimum atomic E-state index is 0.647. The molecule has 1 N–H and O–H groups in total. The Kier molecular flexibility index (Phi) is 5.22. The molecule has 0 spiro atoms. The van der Waals surface area contributed by atoms with Crippen LogP contribution in [0.15, 0.2) is 17.5 Å². The molecular formula is C15H26N2S. The van der Waals surface area contributed by atoms with Crippen LogP contribution < -0.4 is 5.32 Å². The first-order valence-corrected chi connectivity index (χ1v) is 7.99. The SMILES string of the molecule is CC1CC(CN(C)C(C)Cc2cccs2)CCN1. The van der Waals surface area contributed by atoms with E-state index in [2.05, 4.69) is 48.6 Å². The summed E-state index contributed by atoms with van der Waals surface area (Å²) in [6.45, 7) is 7.10. The van der Waals surface area contributed by atoms with Gasteiger partial charge < -0.3 is 10.2 Å². The lowest BCUT2D eigenvalue weighted by Gasteiger charge is -2.33. The molecule has 2 rings (SSSR count). The number of rotatable bonds is 5.